The van der Waals surface area contributed by atoms with E-state index in [1.54, 1.807) is 6.92 Å². The van der Waals surface area contributed by atoms with Crippen LogP contribution in [0.25, 0.3) is 0 Å². The van der Waals surface area contributed by atoms with Crippen LogP contribution < -0.4 is 0 Å². The van der Waals surface area contributed by atoms with E-state index in [9.17, 15) is 19.2 Å². The zero-order chi connectivity index (χ0) is 18.4. The van der Waals surface area contributed by atoms with E-state index in [1.807, 2.05) is 0 Å². The quantitative estimate of drug-likeness (QED) is 0.513. The summed E-state index contributed by atoms with van der Waals surface area (Å²) in [5, 5.41) is 0. The standard InChI is InChI=1S/C15H22O9/c1-7-12(6-20-8(2)16)24-15(23-11(5)19)14(22-10(4)18)13(7)21-9(3)17/h7,12-15H,6H2,1-5H3/t7-,12+,13+,14+,15?/m1/s1. The van der Waals surface area contributed by atoms with Crippen molar-refractivity contribution in [2.24, 2.45) is 5.92 Å². The zero-order valence-corrected chi connectivity index (χ0v) is 14.3. The van der Waals surface area contributed by atoms with Crippen LogP contribution in [0.1, 0.15) is 34.6 Å². The van der Waals surface area contributed by atoms with Gasteiger partial charge in [-0.25, -0.2) is 0 Å². The molecular weight excluding hydrogens is 324 g/mol. The minimum absolute atomic E-state index is 0.126. The van der Waals surface area contributed by atoms with Gasteiger partial charge in [-0.2, -0.15) is 0 Å². The van der Waals surface area contributed by atoms with Crippen molar-refractivity contribution in [1.82, 2.24) is 0 Å². The third-order valence-electron chi connectivity index (χ3n) is 3.34. The normalized spacial score (nSPS) is 29.3. The van der Waals surface area contributed by atoms with Gasteiger partial charge in [0.25, 0.3) is 0 Å². The first kappa shape index (κ1) is 19.9. The molecule has 1 rings (SSSR count). The summed E-state index contributed by atoms with van der Waals surface area (Å²) in [7, 11) is 0. The first-order valence-electron chi connectivity index (χ1n) is 7.42. The fourth-order valence-electron chi connectivity index (χ4n) is 2.37. The van der Waals surface area contributed by atoms with Crippen molar-refractivity contribution >= 4 is 23.9 Å². The van der Waals surface area contributed by atoms with Crippen molar-refractivity contribution in [2.45, 2.75) is 59.2 Å². The summed E-state index contributed by atoms with van der Waals surface area (Å²) in [6.45, 7) is 6.33. The van der Waals surface area contributed by atoms with Crippen LogP contribution in [-0.2, 0) is 42.9 Å². The van der Waals surface area contributed by atoms with E-state index in [4.69, 9.17) is 23.7 Å². The number of rotatable bonds is 5. The molecule has 5 atom stereocenters. The van der Waals surface area contributed by atoms with Crippen LogP contribution in [0.5, 0.6) is 0 Å². The molecule has 1 aliphatic heterocycles. The molecule has 1 aliphatic rings. The van der Waals surface area contributed by atoms with Crippen LogP contribution in [0.4, 0.5) is 0 Å². The number of hydrogen-bond acceptors (Lipinski definition) is 9. The Bertz CT molecular complexity index is 501. The van der Waals surface area contributed by atoms with Gasteiger partial charge < -0.3 is 23.7 Å². The molecule has 0 aromatic heterocycles. The minimum atomic E-state index is -1.28. The number of ether oxygens (including phenoxy) is 5. The highest BCUT2D eigenvalue weighted by molar-refractivity contribution is 5.68. The lowest BCUT2D eigenvalue weighted by molar-refractivity contribution is -0.286. The predicted octanol–water partition coefficient (Wildman–Crippen LogP) is 0.337. The molecule has 0 spiro atoms. The lowest BCUT2D eigenvalue weighted by Crippen LogP contribution is -2.58. The molecule has 1 saturated heterocycles. The molecule has 1 heterocycles. The SMILES string of the molecule is CC(=O)OC[C@@H]1OC(OC(C)=O)[C@@H](OC(C)=O)[C@@H](OC(C)=O)[C@@H]1C. The van der Waals surface area contributed by atoms with E-state index >= 15 is 0 Å². The van der Waals surface area contributed by atoms with Gasteiger partial charge in [-0.1, -0.05) is 6.92 Å². The summed E-state index contributed by atoms with van der Waals surface area (Å²) < 4.78 is 25.9. The second kappa shape index (κ2) is 8.62. The molecule has 1 fully saturated rings. The summed E-state index contributed by atoms with van der Waals surface area (Å²) in [6.07, 6.45) is -4.05. The summed E-state index contributed by atoms with van der Waals surface area (Å²) >= 11 is 0. The molecule has 0 radical (unpaired) electrons. The smallest absolute Gasteiger partial charge is 0.305 e. The molecule has 0 bridgehead atoms. The second-order valence-corrected chi connectivity index (χ2v) is 5.46. The van der Waals surface area contributed by atoms with E-state index in [-0.39, 0.29) is 6.61 Å². The maximum Gasteiger partial charge on any atom is 0.305 e. The van der Waals surface area contributed by atoms with Crippen LogP contribution in [0.2, 0.25) is 0 Å². The first-order valence-corrected chi connectivity index (χ1v) is 7.42. The van der Waals surface area contributed by atoms with Crippen LogP contribution in [0.15, 0.2) is 0 Å². The molecule has 136 valence electrons. The lowest BCUT2D eigenvalue weighted by atomic mass is 9.90. The van der Waals surface area contributed by atoms with Gasteiger partial charge in [0.2, 0.25) is 12.4 Å². The Hall–Kier alpha value is -2.16. The molecule has 0 aromatic rings. The Kier molecular flexibility index (Phi) is 7.15. The number of esters is 4. The molecule has 0 saturated carbocycles. The number of carbonyl (C=O) groups excluding carboxylic acids is 4. The summed E-state index contributed by atoms with van der Waals surface area (Å²) in [5.41, 5.74) is 0. The zero-order valence-electron chi connectivity index (χ0n) is 14.3. The average Bonchev–Trinajstić information content (AvgIpc) is 2.42. The van der Waals surface area contributed by atoms with Crippen molar-refractivity contribution in [1.29, 1.82) is 0 Å². The van der Waals surface area contributed by atoms with Crippen LogP contribution in [0.3, 0.4) is 0 Å². The molecule has 9 heteroatoms. The van der Waals surface area contributed by atoms with E-state index in [2.05, 4.69) is 0 Å². The fourth-order valence-corrected chi connectivity index (χ4v) is 2.37. The maximum atomic E-state index is 11.4. The summed E-state index contributed by atoms with van der Waals surface area (Å²) in [6, 6.07) is 0. The van der Waals surface area contributed by atoms with Crippen LogP contribution in [0, 0.1) is 5.92 Å². The van der Waals surface area contributed by atoms with Gasteiger partial charge in [0.1, 0.15) is 18.8 Å². The van der Waals surface area contributed by atoms with Gasteiger partial charge in [-0.05, 0) is 0 Å². The number of hydrogen-bond donors (Lipinski definition) is 0. The summed E-state index contributed by atoms with van der Waals surface area (Å²) in [4.78, 5) is 45.0. The van der Waals surface area contributed by atoms with Gasteiger partial charge in [-0.15, -0.1) is 0 Å². The van der Waals surface area contributed by atoms with Gasteiger partial charge in [0.05, 0.1) is 0 Å². The monoisotopic (exact) mass is 346 g/mol. The lowest BCUT2D eigenvalue weighted by Gasteiger charge is -2.43. The third kappa shape index (κ3) is 5.80. The van der Waals surface area contributed by atoms with Crippen LogP contribution in [-0.4, -0.2) is 55.1 Å². The van der Waals surface area contributed by atoms with E-state index in [0.29, 0.717) is 0 Å². The molecule has 0 aromatic carbocycles. The van der Waals surface area contributed by atoms with Crippen molar-refractivity contribution in [3.8, 4) is 0 Å². The van der Waals surface area contributed by atoms with Crippen molar-refractivity contribution in [2.75, 3.05) is 6.61 Å². The Morgan fingerprint density at radius 3 is 1.75 bits per heavy atom. The first-order chi connectivity index (χ1) is 11.1. The van der Waals surface area contributed by atoms with E-state index in [1.165, 1.54) is 20.8 Å². The highest BCUT2D eigenvalue weighted by Gasteiger charge is 2.49. The second-order valence-electron chi connectivity index (χ2n) is 5.46. The molecule has 9 nitrogen and oxygen atoms in total. The molecule has 1 unspecified atom stereocenters. The van der Waals surface area contributed by atoms with Gasteiger partial charge in [0, 0.05) is 33.6 Å². The highest BCUT2D eigenvalue weighted by Crippen LogP contribution is 2.31. The largest absolute Gasteiger partial charge is 0.463 e. The topological polar surface area (TPSA) is 114 Å². The van der Waals surface area contributed by atoms with Gasteiger partial charge >= 0.3 is 23.9 Å². The Morgan fingerprint density at radius 1 is 0.792 bits per heavy atom. The van der Waals surface area contributed by atoms with E-state index in [0.717, 1.165) is 6.92 Å². The molecular formula is C15H22O9. The Labute approximate surface area is 139 Å². The fraction of sp³-hybridized carbons (Fsp3) is 0.733. The number of carbonyl (C=O) groups is 4. The Balaban J connectivity index is 3.07. The van der Waals surface area contributed by atoms with E-state index < -0.39 is 54.4 Å². The molecule has 24 heavy (non-hydrogen) atoms. The molecule has 0 aliphatic carbocycles. The van der Waals surface area contributed by atoms with Crippen molar-refractivity contribution < 1.29 is 42.9 Å². The Morgan fingerprint density at radius 2 is 1.29 bits per heavy atom. The average molecular weight is 346 g/mol. The maximum absolute atomic E-state index is 11.4. The molecule has 0 amide bonds. The molecule has 0 N–H and O–H groups in total. The summed E-state index contributed by atoms with van der Waals surface area (Å²) in [5.74, 6) is -2.91. The van der Waals surface area contributed by atoms with Gasteiger partial charge in [-0.3, -0.25) is 19.2 Å². The van der Waals surface area contributed by atoms with Crippen molar-refractivity contribution in [3.63, 3.8) is 0 Å². The van der Waals surface area contributed by atoms with Crippen molar-refractivity contribution in [3.05, 3.63) is 0 Å². The third-order valence-corrected chi connectivity index (χ3v) is 3.34. The van der Waals surface area contributed by atoms with Crippen LogP contribution >= 0.6 is 0 Å². The van der Waals surface area contributed by atoms with Gasteiger partial charge in [0.15, 0.2) is 0 Å². The highest BCUT2D eigenvalue weighted by atomic mass is 16.7. The minimum Gasteiger partial charge on any atom is -0.463 e. The predicted molar refractivity (Wildman–Crippen MR) is 77.3 cm³/mol.